The summed E-state index contributed by atoms with van der Waals surface area (Å²) >= 11 is 15.0. The van der Waals surface area contributed by atoms with Gasteiger partial charge < -0.3 is 14.9 Å². The highest BCUT2D eigenvalue weighted by molar-refractivity contribution is 7.30. The summed E-state index contributed by atoms with van der Waals surface area (Å²) in [5.41, 5.74) is 0. The van der Waals surface area contributed by atoms with Gasteiger partial charge in [-0.2, -0.15) is 0 Å². The highest BCUT2D eigenvalue weighted by Gasteiger charge is 2.16. The molecule has 10 heavy (non-hydrogen) atoms. The van der Waals surface area contributed by atoms with Crippen LogP contribution in [-0.2, 0) is 4.57 Å². The van der Waals surface area contributed by atoms with Crippen molar-refractivity contribution in [2.24, 2.45) is 0 Å². The molecule has 0 saturated carbocycles. The van der Waals surface area contributed by atoms with Crippen molar-refractivity contribution in [3.63, 3.8) is 0 Å². The maximum Gasteiger partial charge on any atom is 0.314 e. The summed E-state index contributed by atoms with van der Waals surface area (Å²) in [5.74, 6) is 0. The van der Waals surface area contributed by atoms with E-state index in [1.54, 1.807) is 0 Å². The van der Waals surface area contributed by atoms with Gasteiger partial charge in [0.2, 0.25) is 3.79 Å². The minimum Gasteiger partial charge on any atom is -0.392 e. The molecule has 0 saturated heterocycles. The molecule has 0 rings (SSSR count). The average molecular weight is 231 g/mol. The fourth-order valence-electron chi connectivity index (χ4n) is 0. The topological polar surface area (TPSA) is 77.8 Å². The van der Waals surface area contributed by atoms with Crippen molar-refractivity contribution >= 4 is 43.1 Å². The third-order valence-electron chi connectivity index (χ3n) is 0.179. The number of alkyl halides is 3. The van der Waals surface area contributed by atoms with Gasteiger partial charge in [-0.15, -0.1) is 0 Å². The summed E-state index contributed by atoms with van der Waals surface area (Å²) < 4.78 is 7.25. The number of hydrogen-bond donors (Lipinski definition) is 3. The second-order valence-corrected chi connectivity index (χ2v) is 4.14. The predicted molar refractivity (Wildman–Crippen MR) is 40.8 cm³/mol. The Balaban J connectivity index is 0. The molecule has 0 spiro atoms. The summed E-state index contributed by atoms with van der Waals surface area (Å²) in [6.45, 7) is -0.433. The fourth-order valence-corrected chi connectivity index (χ4v) is 0. The Hall–Kier alpha value is 0.980. The van der Waals surface area contributed by atoms with Crippen molar-refractivity contribution in [1.29, 1.82) is 0 Å². The molecule has 0 heterocycles. The summed E-state index contributed by atoms with van der Waals surface area (Å²) in [5, 5.41) is 8.01. The van der Waals surface area contributed by atoms with Gasteiger partial charge in [-0.05, 0) is 0 Å². The molecule has 0 unspecified atom stereocenters. The van der Waals surface area contributed by atoms with Gasteiger partial charge in [0.05, 0.1) is 6.61 Å². The third kappa shape index (κ3) is 36.1. The van der Waals surface area contributed by atoms with Crippen LogP contribution >= 0.6 is 43.1 Å². The Bertz CT molecular complexity index is 97.2. The van der Waals surface area contributed by atoms with Crippen molar-refractivity contribution in [3.05, 3.63) is 0 Å². The van der Waals surface area contributed by atoms with Crippen LogP contribution in [0.15, 0.2) is 0 Å². The molecule has 0 aliphatic carbocycles. The first-order valence-corrected chi connectivity index (χ1v) is 4.32. The molecule has 0 fully saturated rings. The molecule has 4 nitrogen and oxygen atoms in total. The fraction of sp³-hybridized carbons (Fsp3) is 1.00. The smallest absolute Gasteiger partial charge is 0.314 e. The Kier molecular flexibility index (Phi) is 9.05. The first-order chi connectivity index (χ1) is 4.29. The van der Waals surface area contributed by atoms with Crippen molar-refractivity contribution in [2.45, 2.75) is 3.79 Å². The van der Waals surface area contributed by atoms with Gasteiger partial charge in [-0.25, -0.2) is 0 Å². The zero-order valence-electron chi connectivity index (χ0n) is 4.59. The molecule has 3 N–H and O–H groups in total. The van der Waals surface area contributed by atoms with Gasteiger partial charge in [-0.1, -0.05) is 34.8 Å². The van der Waals surface area contributed by atoms with Crippen LogP contribution in [0, 0.1) is 0 Å². The third-order valence-corrected chi connectivity index (χ3v) is 0.538. The van der Waals surface area contributed by atoms with Crippen molar-refractivity contribution in [2.75, 3.05) is 6.61 Å². The van der Waals surface area contributed by atoms with E-state index in [1.165, 1.54) is 0 Å². The highest BCUT2D eigenvalue weighted by Crippen LogP contribution is 2.23. The lowest BCUT2D eigenvalue weighted by Gasteiger charge is -2.01. The standard InChI is InChI=1S/C2H3Cl3O.H3O3P/c3-2(4,5)1-6;1-4(2)3/h6H,1H2;4H,(H2,1,2,3). The average Bonchev–Trinajstić information content (AvgIpc) is 1.63. The van der Waals surface area contributed by atoms with E-state index in [2.05, 4.69) is 0 Å². The van der Waals surface area contributed by atoms with Crippen molar-refractivity contribution in [1.82, 2.24) is 0 Å². The van der Waals surface area contributed by atoms with Gasteiger partial charge >= 0.3 is 8.25 Å². The molecule has 0 atom stereocenters. The molecule has 0 aromatic rings. The molecule has 0 aliphatic rings. The largest absolute Gasteiger partial charge is 0.392 e. The van der Waals surface area contributed by atoms with Gasteiger partial charge in [-0.3, -0.25) is 4.57 Å². The zero-order chi connectivity index (χ0) is 8.78. The molecule has 8 heteroatoms. The van der Waals surface area contributed by atoms with Gasteiger partial charge in [0.1, 0.15) is 0 Å². The predicted octanol–water partition coefficient (Wildman–Crippen LogP) is 0.710. The van der Waals surface area contributed by atoms with E-state index in [4.69, 9.17) is 54.3 Å². The molecular weight excluding hydrogens is 225 g/mol. The van der Waals surface area contributed by atoms with Crippen LogP contribution in [0.4, 0.5) is 0 Å². The first-order valence-electron chi connectivity index (χ1n) is 1.89. The van der Waals surface area contributed by atoms with Crippen molar-refractivity contribution < 1.29 is 19.5 Å². The van der Waals surface area contributed by atoms with E-state index >= 15 is 0 Å². The van der Waals surface area contributed by atoms with Gasteiger partial charge in [0.25, 0.3) is 0 Å². The number of aliphatic hydroxyl groups is 1. The normalized spacial score (nSPS) is 10.7. The Morgan fingerprint density at radius 2 is 1.40 bits per heavy atom. The molecule has 0 amide bonds. The summed E-state index contributed by atoms with van der Waals surface area (Å²) in [6.07, 6.45) is 0. The molecular formula is C2H6Cl3O4P. The van der Waals surface area contributed by atoms with Crippen LogP contribution in [0.3, 0.4) is 0 Å². The van der Waals surface area contributed by atoms with Crippen LogP contribution in [0.1, 0.15) is 0 Å². The Morgan fingerprint density at radius 3 is 1.40 bits per heavy atom. The monoisotopic (exact) mass is 230 g/mol. The number of halogens is 3. The summed E-state index contributed by atoms with van der Waals surface area (Å²) in [4.78, 5) is 14.3. The molecule has 0 aromatic heterocycles. The van der Waals surface area contributed by atoms with Gasteiger partial charge in [0, 0.05) is 0 Å². The molecule has 0 radical (unpaired) electrons. The van der Waals surface area contributed by atoms with E-state index in [0.717, 1.165) is 0 Å². The van der Waals surface area contributed by atoms with E-state index in [0.29, 0.717) is 0 Å². The Labute approximate surface area is 73.3 Å². The van der Waals surface area contributed by atoms with Crippen LogP contribution in [-0.4, -0.2) is 25.3 Å². The van der Waals surface area contributed by atoms with E-state index < -0.39 is 18.7 Å². The SMILES string of the molecule is O=[PH](O)O.OCC(Cl)(Cl)Cl. The van der Waals surface area contributed by atoms with Crippen LogP contribution < -0.4 is 0 Å². The van der Waals surface area contributed by atoms with E-state index in [-0.39, 0.29) is 0 Å². The second-order valence-electron chi connectivity index (χ2n) is 1.06. The van der Waals surface area contributed by atoms with E-state index in [1.807, 2.05) is 0 Å². The lowest BCUT2D eigenvalue weighted by molar-refractivity contribution is 0.303. The molecule has 0 aromatic carbocycles. The molecule has 0 bridgehead atoms. The lowest BCUT2D eigenvalue weighted by Crippen LogP contribution is -2.06. The second kappa shape index (κ2) is 6.68. The zero-order valence-corrected chi connectivity index (χ0v) is 7.86. The lowest BCUT2D eigenvalue weighted by atomic mass is 10.9. The van der Waals surface area contributed by atoms with Gasteiger partial charge in [0.15, 0.2) is 0 Å². The highest BCUT2D eigenvalue weighted by atomic mass is 35.6. The summed E-state index contributed by atoms with van der Waals surface area (Å²) in [6, 6.07) is 0. The van der Waals surface area contributed by atoms with E-state index in [9.17, 15) is 0 Å². The van der Waals surface area contributed by atoms with Crippen LogP contribution in [0.5, 0.6) is 0 Å². The minimum absolute atomic E-state index is 0.433. The number of aliphatic hydroxyl groups excluding tert-OH is 1. The minimum atomic E-state index is -3.13. The maximum absolute atomic E-state index is 8.74. The molecule has 64 valence electrons. The quantitative estimate of drug-likeness (QED) is 0.424. The molecule has 0 aliphatic heterocycles. The maximum atomic E-state index is 8.74. The van der Waals surface area contributed by atoms with Crippen LogP contribution in [0.2, 0.25) is 0 Å². The first kappa shape index (κ1) is 13.6. The van der Waals surface area contributed by atoms with Crippen molar-refractivity contribution in [3.8, 4) is 0 Å². The van der Waals surface area contributed by atoms with Crippen LogP contribution in [0.25, 0.3) is 0 Å². The Morgan fingerprint density at radius 1 is 1.30 bits per heavy atom. The summed E-state index contributed by atoms with van der Waals surface area (Å²) in [7, 11) is -3.13. The number of rotatable bonds is 0. The number of hydrogen-bond acceptors (Lipinski definition) is 2.